The van der Waals surface area contributed by atoms with E-state index in [-0.39, 0.29) is 0 Å². The van der Waals surface area contributed by atoms with E-state index in [2.05, 4.69) is 4.98 Å². The molecule has 1 aromatic heterocycles. The van der Waals surface area contributed by atoms with Crippen molar-refractivity contribution in [3.8, 4) is 0 Å². The SMILES string of the molecule is Nc1ncc(C2CCCCCCC2)s1. The second-order valence-corrected chi connectivity index (χ2v) is 5.24. The topological polar surface area (TPSA) is 38.9 Å². The van der Waals surface area contributed by atoms with Crippen molar-refractivity contribution in [3.05, 3.63) is 11.1 Å². The third kappa shape index (κ3) is 2.47. The van der Waals surface area contributed by atoms with Crippen molar-refractivity contribution in [3.63, 3.8) is 0 Å². The van der Waals surface area contributed by atoms with Crippen LogP contribution >= 0.6 is 11.3 Å². The zero-order chi connectivity index (χ0) is 9.80. The lowest BCUT2D eigenvalue weighted by molar-refractivity contribution is 0.459. The van der Waals surface area contributed by atoms with Crippen LogP contribution in [0.5, 0.6) is 0 Å². The number of nitrogens with zero attached hydrogens (tertiary/aromatic N) is 1. The first-order valence-electron chi connectivity index (χ1n) is 5.57. The van der Waals surface area contributed by atoms with Gasteiger partial charge in [0.05, 0.1) is 0 Å². The Balaban J connectivity index is 2.00. The second kappa shape index (κ2) is 4.78. The van der Waals surface area contributed by atoms with Crippen molar-refractivity contribution in [2.45, 2.75) is 50.9 Å². The third-order valence-electron chi connectivity index (χ3n) is 3.05. The van der Waals surface area contributed by atoms with E-state index in [1.54, 1.807) is 11.3 Å². The Kier molecular flexibility index (Phi) is 3.40. The average molecular weight is 210 g/mol. The molecule has 2 N–H and O–H groups in total. The van der Waals surface area contributed by atoms with Gasteiger partial charge in [0.15, 0.2) is 5.13 Å². The first-order chi connectivity index (χ1) is 6.86. The maximum absolute atomic E-state index is 5.66. The molecule has 1 saturated carbocycles. The molecule has 0 atom stereocenters. The van der Waals surface area contributed by atoms with Crippen molar-refractivity contribution >= 4 is 16.5 Å². The van der Waals surface area contributed by atoms with Crippen LogP contribution in [0.25, 0.3) is 0 Å². The normalized spacial score (nSPS) is 20.3. The minimum Gasteiger partial charge on any atom is -0.375 e. The molecule has 78 valence electrons. The predicted molar refractivity (Wildman–Crippen MR) is 61.6 cm³/mol. The second-order valence-electron chi connectivity index (χ2n) is 4.14. The number of rotatable bonds is 1. The molecule has 3 heteroatoms. The Morgan fingerprint density at radius 2 is 1.79 bits per heavy atom. The van der Waals surface area contributed by atoms with Crippen molar-refractivity contribution in [1.82, 2.24) is 4.98 Å². The van der Waals surface area contributed by atoms with Gasteiger partial charge < -0.3 is 5.73 Å². The van der Waals surface area contributed by atoms with E-state index in [1.165, 1.54) is 49.8 Å². The molecule has 0 radical (unpaired) electrons. The minimum absolute atomic E-state index is 0.724. The Morgan fingerprint density at radius 1 is 1.14 bits per heavy atom. The molecular formula is C11H18N2S. The molecule has 0 saturated heterocycles. The average Bonchev–Trinajstić information content (AvgIpc) is 2.51. The molecule has 0 bridgehead atoms. The van der Waals surface area contributed by atoms with E-state index in [1.807, 2.05) is 6.20 Å². The van der Waals surface area contributed by atoms with Crippen LogP contribution in [-0.2, 0) is 0 Å². The van der Waals surface area contributed by atoms with E-state index in [0.29, 0.717) is 0 Å². The quantitative estimate of drug-likeness (QED) is 0.769. The highest BCUT2D eigenvalue weighted by Crippen LogP contribution is 2.34. The fourth-order valence-corrected chi connectivity index (χ4v) is 3.08. The van der Waals surface area contributed by atoms with Crippen LogP contribution in [0.15, 0.2) is 6.20 Å². The van der Waals surface area contributed by atoms with Gasteiger partial charge in [-0.15, -0.1) is 11.3 Å². The summed E-state index contributed by atoms with van der Waals surface area (Å²) in [5.74, 6) is 0.741. The van der Waals surface area contributed by atoms with Gasteiger partial charge >= 0.3 is 0 Å². The largest absolute Gasteiger partial charge is 0.375 e. The highest BCUT2D eigenvalue weighted by molar-refractivity contribution is 7.15. The van der Waals surface area contributed by atoms with E-state index in [0.717, 1.165) is 11.0 Å². The maximum Gasteiger partial charge on any atom is 0.180 e. The predicted octanol–water partition coefficient (Wildman–Crippen LogP) is 3.55. The standard InChI is InChI=1S/C11H18N2S/c12-11-13-8-10(14-11)9-6-4-2-1-3-5-7-9/h8-9H,1-7H2,(H2,12,13). The number of hydrogen-bond donors (Lipinski definition) is 1. The number of hydrogen-bond acceptors (Lipinski definition) is 3. The summed E-state index contributed by atoms with van der Waals surface area (Å²) in [5.41, 5.74) is 5.66. The molecule has 0 spiro atoms. The summed E-state index contributed by atoms with van der Waals surface area (Å²) in [6.07, 6.45) is 11.6. The van der Waals surface area contributed by atoms with E-state index < -0.39 is 0 Å². The molecule has 0 amide bonds. The van der Waals surface area contributed by atoms with Gasteiger partial charge in [0.25, 0.3) is 0 Å². The van der Waals surface area contributed by atoms with Gasteiger partial charge in [0, 0.05) is 11.1 Å². The smallest absolute Gasteiger partial charge is 0.180 e. The Bertz CT molecular complexity index is 275. The summed E-state index contributed by atoms with van der Waals surface area (Å²) < 4.78 is 0. The fraction of sp³-hybridized carbons (Fsp3) is 0.727. The van der Waals surface area contributed by atoms with E-state index in [9.17, 15) is 0 Å². The fourth-order valence-electron chi connectivity index (χ4n) is 2.23. The van der Waals surface area contributed by atoms with E-state index in [4.69, 9.17) is 5.73 Å². The number of aromatic nitrogens is 1. The number of nitrogens with two attached hydrogens (primary N) is 1. The van der Waals surface area contributed by atoms with Crippen LogP contribution in [0.1, 0.15) is 55.7 Å². The Labute approximate surface area is 89.5 Å². The Morgan fingerprint density at radius 3 is 2.36 bits per heavy atom. The Hall–Kier alpha value is -0.570. The highest BCUT2D eigenvalue weighted by Gasteiger charge is 2.15. The molecule has 1 heterocycles. The lowest BCUT2D eigenvalue weighted by Crippen LogP contribution is -2.00. The van der Waals surface area contributed by atoms with Crippen LogP contribution in [0.2, 0.25) is 0 Å². The summed E-state index contributed by atoms with van der Waals surface area (Å²) in [4.78, 5) is 5.55. The summed E-state index contributed by atoms with van der Waals surface area (Å²) in [5, 5.41) is 0.724. The lowest BCUT2D eigenvalue weighted by Gasteiger charge is -2.17. The molecule has 1 aromatic rings. The first-order valence-corrected chi connectivity index (χ1v) is 6.39. The molecule has 2 rings (SSSR count). The summed E-state index contributed by atoms with van der Waals surface area (Å²) in [6, 6.07) is 0. The first kappa shape index (κ1) is 9.97. The number of nitrogen functional groups attached to an aromatic ring is 1. The third-order valence-corrected chi connectivity index (χ3v) is 4.04. The molecule has 1 aliphatic carbocycles. The lowest BCUT2D eigenvalue weighted by atomic mass is 9.90. The molecule has 14 heavy (non-hydrogen) atoms. The van der Waals surface area contributed by atoms with Crippen LogP contribution in [-0.4, -0.2) is 4.98 Å². The van der Waals surface area contributed by atoms with Gasteiger partial charge in [0.2, 0.25) is 0 Å². The van der Waals surface area contributed by atoms with Crippen LogP contribution in [0, 0.1) is 0 Å². The maximum atomic E-state index is 5.66. The van der Waals surface area contributed by atoms with Crippen molar-refractivity contribution < 1.29 is 0 Å². The summed E-state index contributed by atoms with van der Waals surface area (Å²) >= 11 is 1.68. The summed E-state index contributed by atoms with van der Waals surface area (Å²) in [7, 11) is 0. The van der Waals surface area contributed by atoms with Gasteiger partial charge in [-0.3, -0.25) is 0 Å². The number of thiazole rings is 1. The minimum atomic E-state index is 0.724. The molecule has 2 nitrogen and oxygen atoms in total. The van der Waals surface area contributed by atoms with Crippen molar-refractivity contribution in [2.24, 2.45) is 0 Å². The van der Waals surface area contributed by atoms with Gasteiger partial charge in [-0.1, -0.05) is 32.1 Å². The van der Waals surface area contributed by atoms with Gasteiger partial charge in [-0.05, 0) is 18.8 Å². The molecular weight excluding hydrogens is 192 g/mol. The van der Waals surface area contributed by atoms with Gasteiger partial charge in [-0.25, -0.2) is 4.98 Å². The van der Waals surface area contributed by atoms with Gasteiger partial charge in [-0.2, -0.15) is 0 Å². The molecule has 0 aliphatic heterocycles. The van der Waals surface area contributed by atoms with Crippen molar-refractivity contribution in [1.29, 1.82) is 0 Å². The summed E-state index contributed by atoms with van der Waals surface area (Å²) in [6.45, 7) is 0. The van der Waals surface area contributed by atoms with Crippen LogP contribution in [0.3, 0.4) is 0 Å². The molecule has 1 fully saturated rings. The van der Waals surface area contributed by atoms with Crippen LogP contribution < -0.4 is 5.73 Å². The van der Waals surface area contributed by atoms with Crippen LogP contribution in [0.4, 0.5) is 5.13 Å². The zero-order valence-electron chi connectivity index (χ0n) is 8.54. The molecule has 0 unspecified atom stereocenters. The monoisotopic (exact) mass is 210 g/mol. The zero-order valence-corrected chi connectivity index (χ0v) is 9.35. The number of anilines is 1. The van der Waals surface area contributed by atoms with Gasteiger partial charge in [0.1, 0.15) is 0 Å². The van der Waals surface area contributed by atoms with Crippen molar-refractivity contribution in [2.75, 3.05) is 5.73 Å². The molecule has 0 aromatic carbocycles. The molecule has 1 aliphatic rings. The van der Waals surface area contributed by atoms with E-state index >= 15 is 0 Å². The highest BCUT2D eigenvalue weighted by atomic mass is 32.1.